The molecule has 0 aliphatic carbocycles. The Morgan fingerprint density at radius 2 is 1.22 bits per heavy atom. The molecule has 0 saturated carbocycles. The van der Waals surface area contributed by atoms with Crippen LogP contribution in [0.15, 0.2) is 91.0 Å². The summed E-state index contributed by atoms with van der Waals surface area (Å²) in [5, 5.41) is 0. The molecule has 7 nitrogen and oxygen atoms in total. The van der Waals surface area contributed by atoms with E-state index < -0.39 is 5.97 Å². The van der Waals surface area contributed by atoms with Gasteiger partial charge in [0.25, 0.3) is 0 Å². The van der Waals surface area contributed by atoms with Crippen LogP contribution in [0.1, 0.15) is 51.5 Å². The summed E-state index contributed by atoms with van der Waals surface area (Å²) in [4.78, 5) is 23.5. The van der Waals surface area contributed by atoms with Crippen molar-refractivity contribution in [3.8, 4) is 33.8 Å². The quantitative estimate of drug-likeness (QED) is 0.0555. The van der Waals surface area contributed by atoms with Crippen LogP contribution in [0.3, 0.4) is 0 Å². The van der Waals surface area contributed by atoms with Crippen LogP contribution in [0, 0.1) is 0 Å². The average Bonchev–Trinajstić information content (AvgIpc) is 3.07. The first kappa shape index (κ1) is 35.0. The minimum atomic E-state index is -0.589. The predicted molar refractivity (Wildman–Crippen MR) is 178 cm³/mol. The minimum Gasteiger partial charge on any atom is -0.0654 e. The van der Waals surface area contributed by atoms with Gasteiger partial charge in [-0.25, -0.2) is 4.79 Å². The van der Waals surface area contributed by atoms with Crippen molar-refractivity contribution in [2.75, 3.05) is 26.4 Å². The van der Waals surface area contributed by atoms with Crippen molar-refractivity contribution < 1.29 is 33.2 Å². The summed E-state index contributed by atoms with van der Waals surface area (Å²) in [6, 6.07) is 22.4. The maximum Gasteiger partial charge on any atom is -0.0193 e. The maximum absolute atomic E-state index is 11.8. The van der Waals surface area contributed by atoms with E-state index in [1.165, 1.54) is 30.4 Å². The van der Waals surface area contributed by atoms with E-state index in [0.29, 0.717) is 30.6 Å². The zero-order valence-corrected chi connectivity index (χ0v) is 26.5. The SMILES string of the molecule is C=C(CC)C(=O)OCCOc1ccc(-c2ccc(-c3ccc(OCCOC(=O)C(=C)CB=O)cc3)c(CCCCCC)c2)cc1. The van der Waals surface area contributed by atoms with Gasteiger partial charge >= 0.3 is 111 Å². The summed E-state index contributed by atoms with van der Waals surface area (Å²) >= 11 is 0. The van der Waals surface area contributed by atoms with Crippen molar-refractivity contribution >= 4 is 19.1 Å². The van der Waals surface area contributed by atoms with Gasteiger partial charge in [0.2, 0.25) is 0 Å². The van der Waals surface area contributed by atoms with E-state index in [1.807, 2.05) is 55.5 Å². The Labute approximate surface area is 267 Å². The summed E-state index contributed by atoms with van der Waals surface area (Å²) in [5.41, 5.74) is 6.38. The number of carbonyl (C=O) groups excluding carboxylic acids is 2. The van der Waals surface area contributed by atoms with Crippen LogP contribution in [-0.2, 0) is 30.2 Å². The Morgan fingerprint density at radius 3 is 1.78 bits per heavy atom. The van der Waals surface area contributed by atoms with Gasteiger partial charge in [0, 0.05) is 5.57 Å². The van der Waals surface area contributed by atoms with E-state index in [0.717, 1.165) is 29.5 Å². The van der Waals surface area contributed by atoms with E-state index in [9.17, 15) is 14.3 Å². The topological polar surface area (TPSA) is 88.1 Å². The number of esters is 2. The van der Waals surface area contributed by atoms with Gasteiger partial charge < -0.3 is 9.47 Å². The first-order valence-corrected chi connectivity index (χ1v) is 15.6. The van der Waals surface area contributed by atoms with Crippen molar-refractivity contribution in [2.45, 2.75) is 58.7 Å². The van der Waals surface area contributed by atoms with E-state index >= 15 is 0 Å². The summed E-state index contributed by atoms with van der Waals surface area (Å²) in [6.07, 6.45) is 6.21. The van der Waals surface area contributed by atoms with Crippen molar-refractivity contribution in [1.82, 2.24) is 0 Å². The van der Waals surface area contributed by atoms with Crippen LogP contribution < -0.4 is 9.47 Å². The molecule has 0 aliphatic rings. The number of hydrogen-bond acceptors (Lipinski definition) is 7. The van der Waals surface area contributed by atoms with E-state index in [-0.39, 0.29) is 44.3 Å². The van der Waals surface area contributed by atoms with Crippen LogP contribution in [0.25, 0.3) is 22.3 Å². The number of hydrogen-bond donors (Lipinski definition) is 0. The summed E-state index contributed by atoms with van der Waals surface area (Å²) in [5.74, 6) is 0.415. The van der Waals surface area contributed by atoms with Gasteiger partial charge in [0.05, 0.1) is 0 Å². The molecule has 0 aliphatic heterocycles. The molecule has 0 atom stereocenters. The third-order valence-corrected chi connectivity index (χ3v) is 7.26. The molecule has 3 aromatic carbocycles. The predicted octanol–water partition coefficient (Wildman–Crippen LogP) is 7.98. The van der Waals surface area contributed by atoms with E-state index in [4.69, 9.17) is 18.9 Å². The van der Waals surface area contributed by atoms with Gasteiger partial charge in [-0.1, -0.05) is 70.0 Å². The first-order chi connectivity index (χ1) is 21.9. The molecule has 8 heteroatoms. The number of unbranched alkanes of at least 4 members (excludes halogenated alkanes) is 3. The average molecular weight is 611 g/mol. The normalized spacial score (nSPS) is 10.4. The Balaban J connectivity index is 1.64. The second-order valence-electron chi connectivity index (χ2n) is 10.6. The zero-order chi connectivity index (χ0) is 32.4. The molecule has 0 amide bonds. The van der Waals surface area contributed by atoms with Gasteiger partial charge in [-0.05, 0) is 48.1 Å². The van der Waals surface area contributed by atoms with Gasteiger partial charge in [-0.15, -0.1) is 0 Å². The van der Waals surface area contributed by atoms with E-state index in [1.54, 1.807) is 0 Å². The summed E-state index contributed by atoms with van der Waals surface area (Å²) in [7, 11) is 0.622. The molecular formula is C37H43BO7. The van der Waals surface area contributed by atoms with Crippen molar-refractivity contribution in [1.29, 1.82) is 0 Å². The second kappa shape index (κ2) is 19.0. The molecule has 0 N–H and O–H groups in total. The fraction of sp³-hybridized carbons (Fsp3) is 0.351. The molecule has 0 radical (unpaired) electrons. The zero-order valence-electron chi connectivity index (χ0n) is 26.5. The Hall–Kier alpha value is -4.46. The first-order valence-electron chi connectivity index (χ1n) is 15.6. The molecule has 45 heavy (non-hydrogen) atoms. The van der Waals surface area contributed by atoms with Gasteiger partial charge in [-0.2, -0.15) is 0 Å². The second-order valence-corrected chi connectivity index (χ2v) is 10.6. The molecular weight excluding hydrogens is 567 g/mol. The number of ether oxygens (including phenoxy) is 4. The number of carbonyl (C=O) groups is 2. The molecule has 0 aromatic heterocycles. The van der Waals surface area contributed by atoms with Crippen LogP contribution in [0.2, 0.25) is 6.32 Å². The fourth-order valence-electron chi connectivity index (χ4n) is 4.60. The van der Waals surface area contributed by atoms with Gasteiger partial charge in [0.15, 0.2) is 0 Å². The van der Waals surface area contributed by atoms with Gasteiger partial charge in [-0.3, -0.25) is 0 Å². The standard InChI is InChI=1S/C37H43BO7/c1-5-7-8-9-10-32-25-31(29-11-16-33(17-12-29)42-21-23-44-36(39)27(3)6-2)15-20-35(32)30-13-18-34(19-14-30)43-22-24-45-37(40)28(4)26-38-41/h11-20,25H,3-10,21-24,26H2,1-2H3. The molecule has 236 valence electrons. The number of rotatable bonds is 20. The maximum atomic E-state index is 11.8. The molecule has 0 saturated heterocycles. The van der Waals surface area contributed by atoms with Crippen LogP contribution in [0.5, 0.6) is 11.5 Å². The monoisotopic (exact) mass is 610 g/mol. The Bertz CT molecular complexity index is 1430. The van der Waals surface area contributed by atoms with Crippen LogP contribution >= 0.6 is 0 Å². The molecule has 0 fully saturated rings. The minimum absolute atomic E-state index is 0.0399. The fourth-order valence-corrected chi connectivity index (χ4v) is 4.60. The summed E-state index contributed by atoms with van der Waals surface area (Å²) < 4.78 is 32.3. The molecule has 0 heterocycles. The van der Waals surface area contributed by atoms with Gasteiger partial charge in [0.1, 0.15) is 19.0 Å². The van der Waals surface area contributed by atoms with Crippen LogP contribution in [-0.4, -0.2) is 45.5 Å². The van der Waals surface area contributed by atoms with Crippen molar-refractivity contribution in [3.63, 3.8) is 0 Å². The largest absolute Gasteiger partial charge is 0.0654 e. The third-order valence-electron chi connectivity index (χ3n) is 7.26. The number of aryl methyl sites for hydroxylation is 1. The molecule has 0 spiro atoms. The summed E-state index contributed by atoms with van der Waals surface area (Å²) in [6.45, 7) is 12.0. The van der Waals surface area contributed by atoms with Crippen molar-refractivity contribution in [2.24, 2.45) is 0 Å². The van der Waals surface area contributed by atoms with Crippen molar-refractivity contribution in [3.05, 3.63) is 96.6 Å². The molecule has 0 unspecified atom stereocenters. The smallest absolute Gasteiger partial charge is 0.0193 e. The Kier molecular flexibility index (Phi) is 14.8. The Morgan fingerprint density at radius 1 is 0.667 bits per heavy atom. The third kappa shape index (κ3) is 11.5. The molecule has 3 rings (SSSR count). The van der Waals surface area contributed by atoms with Crippen LogP contribution in [0.4, 0.5) is 0 Å². The number of benzene rings is 3. The molecule has 0 bridgehead atoms. The molecule has 3 aromatic rings. The van der Waals surface area contributed by atoms with E-state index in [2.05, 4.69) is 38.3 Å².